The highest BCUT2D eigenvalue weighted by molar-refractivity contribution is 7.92. The zero-order valence-corrected chi connectivity index (χ0v) is 15.1. The van der Waals surface area contributed by atoms with Crippen molar-refractivity contribution in [3.05, 3.63) is 64.9 Å². The first kappa shape index (κ1) is 19.2. The van der Waals surface area contributed by atoms with Crippen LogP contribution in [0.25, 0.3) is 0 Å². The standard InChI is InChI=1S/C17H18ClFN2O3S/c1-25(23,24)21(16-5-3-2-4-15(16)19)11-10-17(22)20-12-13-6-8-14(18)9-7-13/h2-9H,10-12H2,1H3,(H,20,22). The van der Waals surface area contributed by atoms with Crippen molar-refractivity contribution < 1.29 is 17.6 Å². The van der Waals surface area contributed by atoms with Gasteiger partial charge in [-0.15, -0.1) is 0 Å². The Bertz CT molecular complexity index is 841. The van der Waals surface area contributed by atoms with E-state index in [1.54, 1.807) is 24.3 Å². The van der Waals surface area contributed by atoms with Gasteiger partial charge in [-0.1, -0.05) is 35.9 Å². The van der Waals surface area contributed by atoms with Crippen LogP contribution in [0, 0.1) is 5.82 Å². The Balaban J connectivity index is 1.97. The summed E-state index contributed by atoms with van der Waals surface area (Å²) in [4.78, 5) is 12.0. The van der Waals surface area contributed by atoms with Crippen LogP contribution < -0.4 is 9.62 Å². The molecule has 0 atom stereocenters. The van der Waals surface area contributed by atoms with Gasteiger partial charge in [0.2, 0.25) is 15.9 Å². The molecule has 0 unspecified atom stereocenters. The van der Waals surface area contributed by atoms with Crippen molar-refractivity contribution in [3.8, 4) is 0 Å². The second-order valence-corrected chi connectivity index (χ2v) is 7.78. The van der Waals surface area contributed by atoms with Crippen LogP contribution in [0.15, 0.2) is 48.5 Å². The van der Waals surface area contributed by atoms with E-state index in [4.69, 9.17) is 11.6 Å². The Hall–Kier alpha value is -2.12. The molecule has 1 N–H and O–H groups in total. The maximum atomic E-state index is 13.9. The van der Waals surface area contributed by atoms with Crippen LogP contribution >= 0.6 is 11.6 Å². The summed E-state index contributed by atoms with van der Waals surface area (Å²) < 4.78 is 38.6. The third-order valence-electron chi connectivity index (χ3n) is 3.47. The number of para-hydroxylation sites is 1. The number of halogens is 2. The van der Waals surface area contributed by atoms with E-state index in [1.807, 2.05) is 0 Å². The van der Waals surface area contributed by atoms with Gasteiger partial charge in [-0.3, -0.25) is 9.10 Å². The number of amides is 1. The van der Waals surface area contributed by atoms with Gasteiger partial charge in [-0.2, -0.15) is 0 Å². The van der Waals surface area contributed by atoms with Gasteiger partial charge in [0.05, 0.1) is 11.9 Å². The topological polar surface area (TPSA) is 66.5 Å². The lowest BCUT2D eigenvalue weighted by atomic mass is 10.2. The summed E-state index contributed by atoms with van der Waals surface area (Å²) in [5.41, 5.74) is 0.794. The summed E-state index contributed by atoms with van der Waals surface area (Å²) >= 11 is 5.79. The Morgan fingerprint density at radius 2 is 1.80 bits per heavy atom. The molecule has 0 aromatic heterocycles. The molecule has 25 heavy (non-hydrogen) atoms. The summed E-state index contributed by atoms with van der Waals surface area (Å²) in [5, 5.41) is 3.29. The first-order valence-electron chi connectivity index (χ1n) is 7.51. The molecular weight excluding hydrogens is 367 g/mol. The number of sulfonamides is 1. The second-order valence-electron chi connectivity index (χ2n) is 5.44. The Morgan fingerprint density at radius 1 is 1.16 bits per heavy atom. The fraction of sp³-hybridized carbons (Fsp3) is 0.235. The van der Waals surface area contributed by atoms with Crippen molar-refractivity contribution in [2.75, 3.05) is 17.1 Å². The Morgan fingerprint density at radius 3 is 2.40 bits per heavy atom. The van der Waals surface area contributed by atoms with Crippen molar-refractivity contribution in [2.45, 2.75) is 13.0 Å². The van der Waals surface area contributed by atoms with Gasteiger partial charge in [0, 0.05) is 24.5 Å². The van der Waals surface area contributed by atoms with Crippen LogP contribution in [0.5, 0.6) is 0 Å². The van der Waals surface area contributed by atoms with E-state index in [-0.39, 0.29) is 24.6 Å². The molecule has 0 saturated carbocycles. The molecule has 2 aromatic rings. The van der Waals surface area contributed by atoms with Crippen LogP contribution in [-0.2, 0) is 21.4 Å². The van der Waals surface area contributed by atoms with Crippen molar-refractivity contribution >= 4 is 33.2 Å². The van der Waals surface area contributed by atoms with Gasteiger partial charge < -0.3 is 5.32 Å². The third-order valence-corrected chi connectivity index (χ3v) is 4.90. The van der Waals surface area contributed by atoms with E-state index in [0.29, 0.717) is 11.6 Å². The number of nitrogens with one attached hydrogen (secondary N) is 1. The van der Waals surface area contributed by atoms with E-state index in [1.165, 1.54) is 24.3 Å². The Kier molecular flexibility index (Phi) is 6.39. The molecule has 0 aliphatic heterocycles. The monoisotopic (exact) mass is 384 g/mol. The van der Waals surface area contributed by atoms with Crippen molar-refractivity contribution in [1.82, 2.24) is 5.32 Å². The molecule has 0 fully saturated rings. The molecule has 2 rings (SSSR count). The highest BCUT2D eigenvalue weighted by Crippen LogP contribution is 2.21. The first-order valence-corrected chi connectivity index (χ1v) is 9.73. The van der Waals surface area contributed by atoms with Gasteiger partial charge in [0.15, 0.2) is 0 Å². The smallest absolute Gasteiger partial charge is 0.232 e. The van der Waals surface area contributed by atoms with E-state index >= 15 is 0 Å². The number of hydrogen-bond acceptors (Lipinski definition) is 3. The van der Waals surface area contributed by atoms with Crippen LogP contribution in [0.3, 0.4) is 0 Å². The highest BCUT2D eigenvalue weighted by Gasteiger charge is 2.21. The molecular formula is C17H18ClFN2O3S. The number of nitrogens with zero attached hydrogens (tertiary/aromatic N) is 1. The predicted octanol–water partition coefficient (Wildman–Crippen LogP) is 2.95. The highest BCUT2D eigenvalue weighted by atomic mass is 35.5. The molecule has 134 valence electrons. The SMILES string of the molecule is CS(=O)(=O)N(CCC(=O)NCc1ccc(Cl)cc1)c1ccccc1F. The normalized spacial score (nSPS) is 11.2. The first-order chi connectivity index (χ1) is 11.8. The number of carbonyl (C=O) groups is 1. The quantitative estimate of drug-likeness (QED) is 0.798. The minimum absolute atomic E-state index is 0.0736. The van der Waals surface area contributed by atoms with E-state index in [9.17, 15) is 17.6 Å². The average molecular weight is 385 g/mol. The van der Waals surface area contributed by atoms with E-state index in [2.05, 4.69) is 5.32 Å². The lowest BCUT2D eigenvalue weighted by Gasteiger charge is -2.22. The number of benzene rings is 2. The fourth-order valence-electron chi connectivity index (χ4n) is 2.21. The Labute approximate surface area is 151 Å². The van der Waals surface area contributed by atoms with Gasteiger partial charge >= 0.3 is 0 Å². The molecule has 2 aromatic carbocycles. The molecule has 0 aliphatic carbocycles. The third kappa shape index (κ3) is 5.72. The van der Waals surface area contributed by atoms with Gasteiger partial charge in [0.25, 0.3) is 0 Å². The van der Waals surface area contributed by atoms with E-state index in [0.717, 1.165) is 16.1 Å². The van der Waals surface area contributed by atoms with Gasteiger partial charge in [0.1, 0.15) is 5.82 Å². The van der Waals surface area contributed by atoms with Crippen LogP contribution in [0.2, 0.25) is 5.02 Å². The minimum atomic E-state index is -3.71. The van der Waals surface area contributed by atoms with Crippen LogP contribution in [0.1, 0.15) is 12.0 Å². The molecule has 0 heterocycles. The summed E-state index contributed by atoms with van der Waals surface area (Å²) in [6.07, 6.45) is 0.889. The summed E-state index contributed by atoms with van der Waals surface area (Å²) in [7, 11) is -3.71. The number of rotatable bonds is 7. The lowest BCUT2D eigenvalue weighted by molar-refractivity contribution is -0.121. The zero-order valence-electron chi connectivity index (χ0n) is 13.6. The fourth-order valence-corrected chi connectivity index (χ4v) is 3.27. The summed E-state index contributed by atoms with van der Waals surface area (Å²) in [5.74, 6) is -0.991. The van der Waals surface area contributed by atoms with Gasteiger partial charge in [-0.05, 0) is 29.8 Å². The maximum absolute atomic E-state index is 13.9. The summed E-state index contributed by atoms with van der Waals surface area (Å²) in [6.45, 7) is 0.154. The van der Waals surface area contributed by atoms with E-state index < -0.39 is 15.8 Å². The molecule has 0 bridgehead atoms. The van der Waals surface area contributed by atoms with Crippen LogP contribution in [0.4, 0.5) is 10.1 Å². The zero-order chi connectivity index (χ0) is 18.4. The largest absolute Gasteiger partial charge is 0.352 e. The van der Waals surface area contributed by atoms with Crippen molar-refractivity contribution in [2.24, 2.45) is 0 Å². The lowest BCUT2D eigenvalue weighted by Crippen LogP contribution is -2.35. The number of carbonyl (C=O) groups excluding carboxylic acids is 1. The van der Waals surface area contributed by atoms with Crippen LogP contribution in [-0.4, -0.2) is 27.1 Å². The molecule has 0 saturated heterocycles. The molecule has 0 spiro atoms. The van der Waals surface area contributed by atoms with Gasteiger partial charge in [-0.25, -0.2) is 12.8 Å². The maximum Gasteiger partial charge on any atom is 0.232 e. The number of hydrogen-bond donors (Lipinski definition) is 1. The summed E-state index contributed by atoms with van der Waals surface area (Å²) in [6, 6.07) is 12.5. The molecule has 0 radical (unpaired) electrons. The molecule has 0 aliphatic rings. The van der Waals surface area contributed by atoms with Crippen molar-refractivity contribution in [1.29, 1.82) is 0 Å². The molecule has 8 heteroatoms. The predicted molar refractivity (Wildman–Crippen MR) is 96.5 cm³/mol. The average Bonchev–Trinajstić information content (AvgIpc) is 2.55. The molecule has 5 nitrogen and oxygen atoms in total. The molecule has 1 amide bonds. The van der Waals surface area contributed by atoms with Crippen molar-refractivity contribution in [3.63, 3.8) is 0 Å². The second kappa shape index (κ2) is 8.31. The minimum Gasteiger partial charge on any atom is -0.352 e. The number of anilines is 1.